The Morgan fingerprint density at radius 2 is 1.97 bits per heavy atom. The lowest BCUT2D eigenvalue weighted by atomic mass is 9.97. The van der Waals surface area contributed by atoms with Crippen molar-refractivity contribution >= 4 is 16.9 Å². The number of aromatic nitrogens is 2. The molecule has 2 N–H and O–H groups in total. The molecule has 2 bridgehead atoms. The molecule has 166 valence electrons. The molecule has 4 aromatic rings. The van der Waals surface area contributed by atoms with E-state index in [0.29, 0.717) is 22.4 Å². The van der Waals surface area contributed by atoms with Gasteiger partial charge >= 0.3 is 0 Å². The van der Waals surface area contributed by atoms with Gasteiger partial charge in [0.05, 0.1) is 17.1 Å². The SMILES string of the molecule is O=C(c1ccc(-c2nc3c(O)cccc3[nH]2)c(F)c1)N1C2CCN1C(Cc1ccccc1)C2. The highest BCUT2D eigenvalue weighted by Crippen LogP contribution is 2.37. The number of H-pyrrole nitrogens is 1. The molecule has 2 aliphatic heterocycles. The maximum Gasteiger partial charge on any atom is 0.268 e. The zero-order valence-electron chi connectivity index (χ0n) is 17.9. The van der Waals surface area contributed by atoms with Gasteiger partial charge in [-0.05, 0) is 55.2 Å². The van der Waals surface area contributed by atoms with Crippen LogP contribution in [-0.2, 0) is 6.42 Å². The molecule has 7 heteroatoms. The van der Waals surface area contributed by atoms with Crippen molar-refractivity contribution in [1.82, 2.24) is 20.0 Å². The maximum absolute atomic E-state index is 15.1. The summed E-state index contributed by atoms with van der Waals surface area (Å²) in [6.07, 6.45) is 2.77. The number of fused-ring (bicyclic) bond motifs is 3. The third-order valence-electron chi connectivity index (χ3n) is 6.76. The van der Waals surface area contributed by atoms with Crippen molar-refractivity contribution in [2.24, 2.45) is 0 Å². The summed E-state index contributed by atoms with van der Waals surface area (Å²) in [5.74, 6) is -0.343. The van der Waals surface area contributed by atoms with E-state index < -0.39 is 5.82 Å². The molecule has 2 saturated heterocycles. The fraction of sp³-hybridized carbons (Fsp3) is 0.231. The fourth-order valence-corrected chi connectivity index (χ4v) is 5.21. The van der Waals surface area contributed by atoms with Crippen molar-refractivity contribution in [2.45, 2.75) is 31.3 Å². The molecule has 2 fully saturated rings. The summed E-state index contributed by atoms with van der Waals surface area (Å²) in [5, 5.41) is 14.0. The number of imidazole rings is 1. The van der Waals surface area contributed by atoms with Gasteiger partial charge in [-0.2, -0.15) is 0 Å². The molecule has 3 aromatic carbocycles. The number of aromatic amines is 1. The minimum absolute atomic E-state index is 0.0332. The summed E-state index contributed by atoms with van der Waals surface area (Å²) in [6, 6.07) is 20.3. The molecule has 6 nitrogen and oxygen atoms in total. The summed E-state index contributed by atoms with van der Waals surface area (Å²) in [4.78, 5) is 20.7. The molecule has 0 spiro atoms. The zero-order valence-corrected chi connectivity index (χ0v) is 17.9. The van der Waals surface area contributed by atoms with Gasteiger partial charge < -0.3 is 10.1 Å². The maximum atomic E-state index is 15.1. The van der Waals surface area contributed by atoms with Crippen LogP contribution in [0.1, 0.15) is 28.8 Å². The number of carbonyl (C=O) groups is 1. The Morgan fingerprint density at radius 1 is 1.12 bits per heavy atom. The Balaban J connectivity index is 1.25. The molecule has 6 rings (SSSR count). The van der Waals surface area contributed by atoms with Gasteiger partial charge in [-0.1, -0.05) is 36.4 Å². The predicted octanol–water partition coefficient (Wildman–Crippen LogP) is 4.52. The number of nitrogens with zero attached hydrogens (tertiary/aromatic N) is 3. The standard InChI is InChI=1S/C26H23FN4O2/c27-21-14-17(9-10-20(21)25-28-22-7-4-8-23(32)24(22)29-25)26(33)31-18-11-12-30(31)19(15-18)13-16-5-2-1-3-6-16/h1-10,14,18-19,32H,11-13,15H2,(H,28,29). The second kappa shape index (κ2) is 7.71. The van der Waals surface area contributed by atoms with Crippen molar-refractivity contribution in [2.75, 3.05) is 6.54 Å². The third kappa shape index (κ3) is 3.36. The summed E-state index contributed by atoms with van der Waals surface area (Å²) in [7, 11) is 0. The van der Waals surface area contributed by atoms with Crippen LogP contribution in [0.15, 0.2) is 66.7 Å². The highest BCUT2D eigenvalue weighted by Gasteiger charge is 2.47. The van der Waals surface area contributed by atoms with Gasteiger partial charge in [-0.15, -0.1) is 0 Å². The number of piperidine rings is 1. The predicted molar refractivity (Wildman–Crippen MR) is 123 cm³/mol. The molecule has 0 radical (unpaired) electrons. The van der Waals surface area contributed by atoms with E-state index in [4.69, 9.17) is 0 Å². The lowest BCUT2D eigenvalue weighted by Gasteiger charge is -2.28. The van der Waals surface area contributed by atoms with Crippen molar-refractivity contribution in [3.8, 4) is 17.1 Å². The first-order valence-corrected chi connectivity index (χ1v) is 11.2. The average molecular weight is 442 g/mol. The van der Waals surface area contributed by atoms with Crippen LogP contribution in [0.3, 0.4) is 0 Å². The number of phenolic OH excluding ortho intramolecular Hbond substituents is 1. The van der Waals surface area contributed by atoms with Crippen LogP contribution >= 0.6 is 0 Å². The molecule has 0 saturated carbocycles. The van der Waals surface area contributed by atoms with Crippen LogP contribution < -0.4 is 0 Å². The van der Waals surface area contributed by atoms with Crippen molar-refractivity contribution in [3.63, 3.8) is 0 Å². The second-order valence-corrected chi connectivity index (χ2v) is 8.79. The summed E-state index contributed by atoms with van der Waals surface area (Å²) in [6.45, 7) is 0.844. The molecule has 1 aromatic heterocycles. The summed E-state index contributed by atoms with van der Waals surface area (Å²) >= 11 is 0. The topological polar surface area (TPSA) is 72.5 Å². The third-order valence-corrected chi connectivity index (χ3v) is 6.76. The molecule has 33 heavy (non-hydrogen) atoms. The number of phenols is 1. The van der Waals surface area contributed by atoms with Crippen LogP contribution in [0.4, 0.5) is 4.39 Å². The van der Waals surface area contributed by atoms with Crippen LogP contribution in [0.25, 0.3) is 22.4 Å². The molecule has 3 atom stereocenters. The quantitative estimate of drug-likeness (QED) is 0.487. The molecule has 3 unspecified atom stereocenters. The first-order chi connectivity index (χ1) is 16.1. The molecular formula is C26H23FN4O2. The smallest absolute Gasteiger partial charge is 0.268 e. The number of amides is 1. The van der Waals surface area contributed by atoms with Gasteiger partial charge in [0.1, 0.15) is 22.9 Å². The minimum Gasteiger partial charge on any atom is -0.506 e. The van der Waals surface area contributed by atoms with E-state index in [9.17, 15) is 9.90 Å². The molecule has 1 amide bonds. The van der Waals surface area contributed by atoms with E-state index in [1.54, 1.807) is 24.3 Å². The number of carbonyl (C=O) groups excluding carboxylic acids is 1. The first kappa shape index (κ1) is 19.9. The molecule has 3 heterocycles. The van der Waals surface area contributed by atoms with Crippen LogP contribution in [0, 0.1) is 5.82 Å². The van der Waals surface area contributed by atoms with Crippen LogP contribution in [0.5, 0.6) is 5.75 Å². The number of rotatable bonds is 4. The Bertz CT molecular complexity index is 1350. The van der Waals surface area contributed by atoms with E-state index in [2.05, 4.69) is 27.1 Å². The Kier molecular flexibility index (Phi) is 4.66. The van der Waals surface area contributed by atoms with Crippen LogP contribution in [-0.4, -0.2) is 49.6 Å². The molecular weight excluding hydrogens is 419 g/mol. The minimum atomic E-state index is -0.526. The van der Waals surface area contributed by atoms with E-state index in [-0.39, 0.29) is 29.3 Å². The van der Waals surface area contributed by atoms with Gasteiger partial charge in [0.2, 0.25) is 0 Å². The number of benzene rings is 3. The van der Waals surface area contributed by atoms with E-state index in [1.807, 2.05) is 23.2 Å². The highest BCUT2D eigenvalue weighted by molar-refractivity contribution is 5.95. The van der Waals surface area contributed by atoms with Gasteiger partial charge in [-0.3, -0.25) is 9.80 Å². The summed E-state index contributed by atoms with van der Waals surface area (Å²) < 4.78 is 15.1. The van der Waals surface area contributed by atoms with Gasteiger partial charge in [0.25, 0.3) is 5.91 Å². The Hall–Kier alpha value is -3.71. The monoisotopic (exact) mass is 442 g/mol. The van der Waals surface area contributed by atoms with E-state index in [1.165, 1.54) is 17.7 Å². The van der Waals surface area contributed by atoms with E-state index >= 15 is 4.39 Å². The summed E-state index contributed by atoms with van der Waals surface area (Å²) in [5.41, 5.74) is 2.85. The number of aromatic hydroxyl groups is 1. The Labute approximate surface area is 190 Å². The van der Waals surface area contributed by atoms with Crippen molar-refractivity contribution < 1.29 is 14.3 Å². The van der Waals surface area contributed by atoms with Gasteiger partial charge in [-0.25, -0.2) is 14.4 Å². The van der Waals surface area contributed by atoms with Crippen molar-refractivity contribution in [1.29, 1.82) is 0 Å². The zero-order chi connectivity index (χ0) is 22.5. The average Bonchev–Trinajstić information content (AvgIpc) is 3.52. The van der Waals surface area contributed by atoms with Crippen molar-refractivity contribution in [3.05, 3.63) is 83.7 Å². The Morgan fingerprint density at radius 3 is 2.76 bits per heavy atom. The van der Waals surface area contributed by atoms with Gasteiger partial charge in [0.15, 0.2) is 0 Å². The number of hydrogen-bond donors (Lipinski definition) is 2. The second-order valence-electron chi connectivity index (χ2n) is 8.79. The normalized spacial score (nSPS) is 21.7. The number of nitrogens with one attached hydrogen (secondary N) is 1. The van der Waals surface area contributed by atoms with E-state index in [0.717, 1.165) is 25.8 Å². The number of hydrogen-bond acceptors (Lipinski definition) is 4. The highest BCUT2D eigenvalue weighted by atomic mass is 19.1. The lowest BCUT2D eigenvalue weighted by Crippen LogP contribution is -2.42. The fourth-order valence-electron chi connectivity index (χ4n) is 5.21. The molecule has 2 aliphatic rings. The first-order valence-electron chi connectivity index (χ1n) is 11.2. The van der Waals surface area contributed by atoms with Gasteiger partial charge in [0, 0.05) is 18.2 Å². The number of para-hydroxylation sites is 1. The molecule has 0 aliphatic carbocycles. The number of hydrazine groups is 1. The number of halogens is 1. The lowest BCUT2D eigenvalue weighted by molar-refractivity contribution is 0.0197. The van der Waals surface area contributed by atoms with Crippen LogP contribution in [0.2, 0.25) is 0 Å². The largest absolute Gasteiger partial charge is 0.506 e.